The van der Waals surface area contributed by atoms with E-state index in [4.69, 9.17) is 0 Å². The minimum Gasteiger partial charge on any atom is -0.363 e. The molecule has 0 spiro atoms. The van der Waals surface area contributed by atoms with Gasteiger partial charge in [0.05, 0.1) is 0 Å². The molecule has 1 aromatic heterocycles. The van der Waals surface area contributed by atoms with E-state index in [1.165, 1.54) is 12.4 Å². The van der Waals surface area contributed by atoms with Crippen molar-refractivity contribution in [1.82, 2.24) is 9.97 Å². The molecule has 0 fully saturated rings. The van der Waals surface area contributed by atoms with Crippen LogP contribution in [0, 0.1) is 0 Å². The normalized spacial score (nSPS) is 11.1. The lowest BCUT2D eigenvalue weighted by atomic mass is 10.4. The minimum absolute atomic E-state index is 0.0398. The quantitative estimate of drug-likeness (QED) is 0.879. The van der Waals surface area contributed by atoms with Gasteiger partial charge in [0.1, 0.15) is 24.4 Å². The van der Waals surface area contributed by atoms with Crippen molar-refractivity contribution >= 4 is 17.5 Å². The third-order valence-corrected chi connectivity index (χ3v) is 1.74. The fraction of sp³-hybridized carbons (Fsp3) is 0.444. The van der Waals surface area contributed by atoms with E-state index in [0.717, 1.165) is 0 Å². The molecule has 94 valence electrons. The average molecular weight is 248 g/mol. The zero-order chi connectivity index (χ0) is 13.1. The van der Waals surface area contributed by atoms with Gasteiger partial charge in [-0.15, -0.1) is 0 Å². The molecule has 8 heteroatoms. The van der Waals surface area contributed by atoms with Crippen molar-refractivity contribution in [2.24, 2.45) is 0 Å². The lowest BCUT2D eigenvalue weighted by molar-refractivity contribution is -0.150. The van der Waals surface area contributed by atoms with Gasteiger partial charge in [-0.05, 0) is 0 Å². The second-order valence-electron chi connectivity index (χ2n) is 3.50. The van der Waals surface area contributed by atoms with E-state index >= 15 is 0 Å². The molecule has 0 unspecified atom stereocenters. The summed E-state index contributed by atoms with van der Waals surface area (Å²) in [5.74, 6) is -0.624. The molecule has 1 heterocycles. The molecule has 0 atom stereocenters. The summed E-state index contributed by atoms with van der Waals surface area (Å²) in [4.78, 5) is 20.2. The lowest BCUT2D eigenvalue weighted by Crippen LogP contribution is -2.22. The molecule has 1 N–H and O–H groups in total. The standard InChI is InChI=1S/C9H11F3N4O/c1-16(2)7-3-6(13-5-14-7)15-8(17)4-9(10,11)12/h3,5H,4H2,1-2H3,(H,13,14,15,17). The molecule has 0 aromatic carbocycles. The van der Waals surface area contributed by atoms with Crippen LogP contribution in [0.2, 0.25) is 0 Å². The number of amides is 1. The van der Waals surface area contributed by atoms with Crippen LogP contribution in [0.15, 0.2) is 12.4 Å². The summed E-state index contributed by atoms with van der Waals surface area (Å²) in [6.45, 7) is 0. The largest absolute Gasteiger partial charge is 0.397 e. The van der Waals surface area contributed by atoms with Crippen molar-refractivity contribution in [2.45, 2.75) is 12.6 Å². The molecule has 0 saturated heterocycles. The van der Waals surface area contributed by atoms with E-state index in [1.54, 1.807) is 19.0 Å². The Bertz CT molecular complexity index is 405. The monoisotopic (exact) mass is 248 g/mol. The van der Waals surface area contributed by atoms with Crippen molar-refractivity contribution in [3.63, 3.8) is 0 Å². The number of carbonyl (C=O) groups excluding carboxylic acids is 1. The Kier molecular flexibility index (Phi) is 3.87. The van der Waals surface area contributed by atoms with Crippen LogP contribution in [0.3, 0.4) is 0 Å². The van der Waals surface area contributed by atoms with Crippen molar-refractivity contribution < 1.29 is 18.0 Å². The second kappa shape index (κ2) is 4.98. The molecule has 0 aliphatic rings. The first kappa shape index (κ1) is 13.2. The number of rotatable bonds is 3. The number of aromatic nitrogens is 2. The molecule has 1 aromatic rings. The van der Waals surface area contributed by atoms with Crippen LogP contribution in [-0.4, -0.2) is 36.1 Å². The molecular weight excluding hydrogens is 237 g/mol. The Hall–Kier alpha value is -1.86. The van der Waals surface area contributed by atoms with Gasteiger partial charge in [0.25, 0.3) is 0 Å². The van der Waals surface area contributed by atoms with E-state index < -0.39 is 18.5 Å². The van der Waals surface area contributed by atoms with Crippen LogP contribution in [-0.2, 0) is 4.79 Å². The second-order valence-corrected chi connectivity index (χ2v) is 3.50. The highest BCUT2D eigenvalue weighted by atomic mass is 19.4. The van der Waals surface area contributed by atoms with Gasteiger partial charge in [-0.2, -0.15) is 13.2 Å². The number of hydrogen-bond acceptors (Lipinski definition) is 4. The fourth-order valence-corrected chi connectivity index (χ4v) is 1.03. The van der Waals surface area contributed by atoms with Crippen LogP contribution in [0.5, 0.6) is 0 Å². The van der Waals surface area contributed by atoms with E-state index in [0.29, 0.717) is 5.82 Å². The molecule has 0 aliphatic carbocycles. The summed E-state index contributed by atoms with van der Waals surface area (Å²) < 4.78 is 35.7. The molecule has 17 heavy (non-hydrogen) atoms. The summed E-state index contributed by atoms with van der Waals surface area (Å²) in [7, 11) is 3.42. The van der Waals surface area contributed by atoms with Gasteiger partial charge in [-0.25, -0.2) is 9.97 Å². The highest BCUT2D eigenvalue weighted by Gasteiger charge is 2.31. The van der Waals surface area contributed by atoms with Gasteiger partial charge in [-0.3, -0.25) is 4.79 Å². The maximum absolute atomic E-state index is 11.9. The number of carbonyl (C=O) groups is 1. The third-order valence-electron chi connectivity index (χ3n) is 1.74. The molecule has 0 radical (unpaired) electrons. The van der Waals surface area contributed by atoms with Gasteiger partial charge in [-0.1, -0.05) is 0 Å². The van der Waals surface area contributed by atoms with Gasteiger partial charge >= 0.3 is 6.18 Å². The molecule has 1 rings (SSSR count). The first-order valence-corrected chi connectivity index (χ1v) is 4.64. The van der Waals surface area contributed by atoms with Crippen LogP contribution in [0.25, 0.3) is 0 Å². The molecular formula is C9H11F3N4O. The Morgan fingerprint density at radius 1 is 1.41 bits per heavy atom. The molecule has 5 nitrogen and oxygen atoms in total. The Balaban J connectivity index is 2.69. The zero-order valence-corrected chi connectivity index (χ0v) is 9.25. The topological polar surface area (TPSA) is 58.1 Å². The van der Waals surface area contributed by atoms with Crippen molar-refractivity contribution in [1.29, 1.82) is 0 Å². The summed E-state index contributed by atoms with van der Waals surface area (Å²) >= 11 is 0. The SMILES string of the molecule is CN(C)c1cc(NC(=O)CC(F)(F)F)ncn1. The number of hydrogen-bond donors (Lipinski definition) is 1. The summed E-state index contributed by atoms with van der Waals surface area (Å²) in [5.41, 5.74) is 0. The zero-order valence-electron chi connectivity index (χ0n) is 9.25. The van der Waals surface area contributed by atoms with Crippen molar-refractivity contribution in [2.75, 3.05) is 24.3 Å². The smallest absolute Gasteiger partial charge is 0.363 e. The lowest BCUT2D eigenvalue weighted by Gasteiger charge is -2.12. The number of nitrogens with one attached hydrogen (secondary N) is 1. The van der Waals surface area contributed by atoms with Crippen LogP contribution in [0.1, 0.15) is 6.42 Å². The first-order valence-electron chi connectivity index (χ1n) is 4.64. The minimum atomic E-state index is -4.53. The highest BCUT2D eigenvalue weighted by molar-refractivity contribution is 5.90. The van der Waals surface area contributed by atoms with Crippen LogP contribution < -0.4 is 10.2 Å². The number of anilines is 2. The third kappa shape index (κ3) is 4.66. The van der Waals surface area contributed by atoms with Gasteiger partial charge in [0, 0.05) is 20.2 Å². The van der Waals surface area contributed by atoms with E-state index in [1.807, 2.05) is 0 Å². The fourth-order valence-electron chi connectivity index (χ4n) is 1.03. The van der Waals surface area contributed by atoms with Crippen LogP contribution in [0.4, 0.5) is 24.8 Å². The number of nitrogens with zero attached hydrogens (tertiary/aromatic N) is 3. The molecule has 0 aliphatic heterocycles. The molecule has 0 bridgehead atoms. The maximum atomic E-state index is 11.9. The van der Waals surface area contributed by atoms with E-state index in [2.05, 4.69) is 15.3 Å². The Morgan fingerprint density at radius 3 is 2.59 bits per heavy atom. The molecule has 1 amide bonds. The first-order chi connectivity index (χ1) is 7.78. The Labute approximate surface area is 95.7 Å². The van der Waals surface area contributed by atoms with Crippen LogP contribution >= 0.6 is 0 Å². The predicted molar refractivity (Wildman–Crippen MR) is 55.7 cm³/mol. The Morgan fingerprint density at radius 2 is 2.06 bits per heavy atom. The van der Waals surface area contributed by atoms with Gasteiger partial charge in [0.15, 0.2) is 0 Å². The maximum Gasteiger partial charge on any atom is 0.397 e. The van der Waals surface area contributed by atoms with Crippen molar-refractivity contribution in [3.05, 3.63) is 12.4 Å². The highest BCUT2D eigenvalue weighted by Crippen LogP contribution is 2.20. The average Bonchev–Trinajstić information content (AvgIpc) is 2.14. The molecule has 0 saturated carbocycles. The number of alkyl halides is 3. The summed E-state index contributed by atoms with van der Waals surface area (Å²) in [6, 6.07) is 1.38. The van der Waals surface area contributed by atoms with Gasteiger partial charge < -0.3 is 10.2 Å². The summed E-state index contributed by atoms with van der Waals surface area (Å²) in [6.07, 6.45) is -4.89. The van der Waals surface area contributed by atoms with Crippen molar-refractivity contribution in [3.8, 4) is 0 Å². The predicted octanol–water partition coefficient (Wildman–Crippen LogP) is 1.43. The number of halogens is 3. The van der Waals surface area contributed by atoms with E-state index in [-0.39, 0.29) is 5.82 Å². The summed E-state index contributed by atoms with van der Waals surface area (Å²) in [5, 5.41) is 2.06. The van der Waals surface area contributed by atoms with E-state index in [9.17, 15) is 18.0 Å². The van der Waals surface area contributed by atoms with Gasteiger partial charge in [0.2, 0.25) is 5.91 Å².